The molecule has 6 nitrogen and oxygen atoms in total. The molecule has 0 unspecified atom stereocenters. The fourth-order valence-corrected chi connectivity index (χ4v) is 2.92. The molecule has 7 heteroatoms. The highest BCUT2D eigenvalue weighted by molar-refractivity contribution is 5.88. The van der Waals surface area contributed by atoms with Gasteiger partial charge in [0.15, 0.2) is 0 Å². The van der Waals surface area contributed by atoms with Crippen molar-refractivity contribution in [1.82, 2.24) is 10.2 Å². The van der Waals surface area contributed by atoms with Gasteiger partial charge in [-0.25, -0.2) is 0 Å². The van der Waals surface area contributed by atoms with Crippen molar-refractivity contribution >= 4 is 24.2 Å². The minimum Gasteiger partial charge on any atom is -0.381 e. The van der Waals surface area contributed by atoms with Gasteiger partial charge in [-0.05, 0) is 25.3 Å². The van der Waals surface area contributed by atoms with E-state index in [2.05, 4.69) is 5.32 Å². The largest absolute Gasteiger partial charge is 0.381 e. The number of hydrogen-bond donors (Lipinski definition) is 2. The Morgan fingerprint density at radius 2 is 1.88 bits per heavy atom. The van der Waals surface area contributed by atoms with Gasteiger partial charge in [-0.2, -0.15) is 0 Å². The molecule has 1 aliphatic heterocycles. The zero-order chi connectivity index (χ0) is 17.4. The molecule has 3 N–H and O–H groups in total. The van der Waals surface area contributed by atoms with E-state index in [-0.39, 0.29) is 37.3 Å². The molecule has 1 aromatic carbocycles. The second-order valence-corrected chi connectivity index (χ2v) is 6.17. The van der Waals surface area contributed by atoms with Crippen LogP contribution in [0.1, 0.15) is 25.3 Å². The first-order valence-electron chi connectivity index (χ1n) is 8.49. The average molecular weight is 370 g/mol. The highest BCUT2D eigenvalue weighted by atomic mass is 35.5. The molecule has 0 aromatic heterocycles. The van der Waals surface area contributed by atoms with Gasteiger partial charge in [0.05, 0.1) is 12.0 Å². The predicted octanol–water partition coefficient (Wildman–Crippen LogP) is 1.33. The number of nitrogens with one attached hydrogen (secondary N) is 1. The third-order valence-corrected chi connectivity index (χ3v) is 4.67. The number of amides is 2. The maximum absolute atomic E-state index is 12.5. The first-order chi connectivity index (χ1) is 11.6. The van der Waals surface area contributed by atoms with Gasteiger partial charge >= 0.3 is 0 Å². The standard InChI is InChI=1S/C18H27N3O3.ClH/c1-2-21(13-15-6-4-3-5-7-15)16(22)12-20-17(23)18(14-19)8-10-24-11-9-18;/h3-7H,2,8-14,19H2,1H3,(H,20,23);1H. The molecule has 1 aliphatic rings. The Kier molecular flexibility index (Phi) is 8.89. The molecule has 0 atom stereocenters. The van der Waals surface area contributed by atoms with Crippen LogP contribution in [0.3, 0.4) is 0 Å². The van der Waals surface area contributed by atoms with Crippen LogP contribution in [0.25, 0.3) is 0 Å². The van der Waals surface area contributed by atoms with Crippen molar-refractivity contribution in [3.8, 4) is 0 Å². The number of rotatable bonds is 7. The topological polar surface area (TPSA) is 84.7 Å². The van der Waals surface area contributed by atoms with Gasteiger partial charge in [-0.15, -0.1) is 12.4 Å². The van der Waals surface area contributed by atoms with Crippen LogP contribution in [0, 0.1) is 5.41 Å². The molecule has 0 saturated carbocycles. The van der Waals surface area contributed by atoms with Crippen molar-refractivity contribution in [2.45, 2.75) is 26.3 Å². The molecule has 140 valence electrons. The molecular weight excluding hydrogens is 342 g/mol. The van der Waals surface area contributed by atoms with Crippen LogP contribution < -0.4 is 11.1 Å². The summed E-state index contributed by atoms with van der Waals surface area (Å²) in [6.07, 6.45) is 1.20. The fourth-order valence-electron chi connectivity index (χ4n) is 2.92. The summed E-state index contributed by atoms with van der Waals surface area (Å²) in [6.45, 7) is 4.42. The lowest BCUT2D eigenvalue weighted by molar-refractivity contribution is -0.139. The second-order valence-electron chi connectivity index (χ2n) is 6.17. The van der Waals surface area contributed by atoms with Gasteiger partial charge in [0.1, 0.15) is 0 Å². The molecule has 0 bridgehead atoms. The summed E-state index contributed by atoms with van der Waals surface area (Å²) in [5.74, 6) is -0.230. The monoisotopic (exact) mass is 369 g/mol. The number of hydrogen-bond acceptors (Lipinski definition) is 4. The first kappa shape index (κ1) is 21.4. The Morgan fingerprint density at radius 1 is 1.24 bits per heavy atom. The smallest absolute Gasteiger partial charge is 0.242 e. The highest BCUT2D eigenvalue weighted by Gasteiger charge is 2.38. The van der Waals surface area contributed by atoms with Crippen molar-refractivity contribution in [3.63, 3.8) is 0 Å². The fraction of sp³-hybridized carbons (Fsp3) is 0.556. The molecule has 2 rings (SSSR count). The molecule has 0 radical (unpaired) electrons. The summed E-state index contributed by atoms with van der Waals surface area (Å²) in [5, 5.41) is 2.78. The normalized spacial score (nSPS) is 15.8. The summed E-state index contributed by atoms with van der Waals surface area (Å²) < 4.78 is 5.31. The number of likely N-dealkylation sites (N-methyl/N-ethyl adjacent to an activating group) is 1. The Labute approximate surface area is 155 Å². The van der Waals surface area contributed by atoms with Gasteiger partial charge in [-0.1, -0.05) is 30.3 Å². The Hall–Kier alpha value is -1.63. The van der Waals surface area contributed by atoms with Crippen LogP contribution in [0.5, 0.6) is 0 Å². The molecular formula is C18H28ClN3O3. The third kappa shape index (κ3) is 5.70. The summed E-state index contributed by atoms with van der Waals surface area (Å²) >= 11 is 0. The quantitative estimate of drug-likeness (QED) is 0.759. The molecule has 1 fully saturated rings. The van der Waals surface area contributed by atoms with Crippen LogP contribution in [0.4, 0.5) is 0 Å². The molecule has 1 aromatic rings. The van der Waals surface area contributed by atoms with Crippen molar-refractivity contribution in [3.05, 3.63) is 35.9 Å². The van der Waals surface area contributed by atoms with E-state index in [1.807, 2.05) is 37.3 Å². The van der Waals surface area contributed by atoms with Crippen LogP contribution in [-0.4, -0.2) is 49.6 Å². The van der Waals surface area contributed by atoms with Crippen LogP contribution in [0.15, 0.2) is 30.3 Å². The second kappa shape index (κ2) is 10.4. The molecule has 25 heavy (non-hydrogen) atoms. The van der Waals surface area contributed by atoms with Crippen LogP contribution in [-0.2, 0) is 20.9 Å². The number of nitrogens with zero attached hydrogens (tertiary/aromatic N) is 1. The third-order valence-electron chi connectivity index (χ3n) is 4.67. The van der Waals surface area contributed by atoms with E-state index in [9.17, 15) is 9.59 Å². The van der Waals surface area contributed by atoms with E-state index in [0.29, 0.717) is 39.1 Å². The summed E-state index contributed by atoms with van der Waals surface area (Å²) in [6, 6.07) is 9.82. The molecule has 0 spiro atoms. The minimum atomic E-state index is -0.602. The number of halogens is 1. The molecule has 2 amide bonds. The van der Waals surface area contributed by atoms with E-state index in [1.54, 1.807) is 4.90 Å². The SMILES string of the molecule is CCN(Cc1ccccc1)C(=O)CNC(=O)C1(CN)CCOCC1.Cl. The van der Waals surface area contributed by atoms with Gasteiger partial charge < -0.3 is 20.7 Å². The lowest BCUT2D eigenvalue weighted by Crippen LogP contribution is -2.51. The van der Waals surface area contributed by atoms with Crippen LogP contribution in [0.2, 0.25) is 0 Å². The molecule has 1 saturated heterocycles. The lowest BCUT2D eigenvalue weighted by atomic mass is 9.79. The summed E-state index contributed by atoms with van der Waals surface area (Å²) in [4.78, 5) is 26.7. The van der Waals surface area contributed by atoms with Gasteiger partial charge in [0.2, 0.25) is 11.8 Å². The van der Waals surface area contributed by atoms with Crippen molar-refractivity contribution in [2.24, 2.45) is 11.1 Å². The summed E-state index contributed by atoms with van der Waals surface area (Å²) in [5.41, 5.74) is 6.29. The zero-order valence-electron chi connectivity index (χ0n) is 14.7. The molecule has 0 aliphatic carbocycles. The Morgan fingerprint density at radius 3 is 2.44 bits per heavy atom. The van der Waals surface area contributed by atoms with Gasteiger partial charge in [-0.3, -0.25) is 9.59 Å². The van der Waals surface area contributed by atoms with E-state index >= 15 is 0 Å². The van der Waals surface area contributed by atoms with E-state index in [0.717, 1.165) is 5.56 Å². The van der Waals surface area contributed by atoms with Gasteiger partial charge in [0, 0.05) is 32.8 Å². The zero-order valence-corrected chi connectivity index (χ0v) is 15.5. The number of carbonyl (C=O) groups excluding carboxylic acids is 2. The van der Waals surface area contributed by atoms with E-state index < -0.39 is 5.41 Å². The number of ether oxygens (including phenoxy) is 1. The molecule has 1 heterocycles. The predicted molar refractivity (Wildman–Crippen MR) is 99.3 cm³/mol. The maximum Gasteiger partial charge on any atom is 0.242 e. The lowest BCUT2D eigenvalue weighted by Gasteiger charge is -2.34. The number of carbonyl (C=O) groups is 2. The van der Waals surface area contributed by atoms with Gasteiger partial charge in [0.25, 0.3) is 0 Å². The van der Waals surface area contributed by atoms with E-state index in [4.69, 9.17) is 10.5 Å². The maximum atomic E-state index is 12.5. The average Bonchev–Trinajstić information content (AvgIpc) is 2.65. The number of benzene rings is 1. The highest BCUT2D eigenvalue weighted by Crippen LogP contribution is 2.29. The van der Waals surface area contributed by atoms with Crippen LogP contribution >= 0.6 is 12.4 Å². The first-order valence-corrected chi connectivity index (χ1v) is 8.49. The Balaban J connectivity index is 0.00000312. The van der Waals surface area contributed by atoms with Crippen molar-refractivity contribution < 1.29 is 14.3 Å². The number of nitrogens with two attached hydrogens (primary N) is 1. The van der Waals surface area contributed by atoms with Crippen molar-refractivity contribution in [1.29, 1.82) is 0 Å². The summed E-state index contributed by atoms with van der Waals surface area (Å²) in [7, 11) is 0. The van der Waals surface area contributed by atoms with Crippen molar-refractivity contribution in [2.75, 3.05) is 32.8 Å². The Bertz CT molecular complexity index is 548. The minimum absolute atomic E-state index is 0. The van der Waals surface area contributed by atoms with E-state index in [1.165, 1.54) is 0 Å².